The summed E-state index contributed by atoms with van der Waals surface area (Å²) in [6.07, 6.45) is 2.62. The van der Waals surface area contributed by atoms with E-state index in [2.05, 4.69) is 42.9 Å². The molecule has 1 fully saturated rings. The number of hydrogen-bond donors (Lipinski definition) is 0. The Balaban J connectivity index is 2.12. The Bertz CT molecular complexity index is 159. The van der Waals surface area contributed by atoms with Crippen LogP contribution in [0.5, 0.6) is 0 Å². The second kappa shape index (κ2) is 5.69. The fourth-order valence-corrected chi connectivity index (χ4v) is 2.09. The first kappa shape index (κ1) is 12.0. The molecule has 0 aliphatic carbocycles. The van der Waals surface area contributed by atoms with Crippen LogP contribution >= 0.6 is 0 Å². The van der Waals surface area contributed by atoms with Gasteiger partial charge in [-0.1, -0.05) is 0 Å². The molecule has 0 saturated carbocycles. The van der Waals surface area contributed by atoms with E-state index < -0.39 is 0 Å². The lowest BCUT2D eigenvalue weighted by molar-refractivity contribution is 0.229. The van der Waals surface area contributed by atoms with E-state index in [1.54, 1.807) is 0 Å². The zero-order valence-electron chi connectivity index (χ0n) is 10.2. The molecular weight excluding hydrogens is 174 g/mol. The third kappa shape index (κ3) is 3.95. The minimum Gasteiger partial charge on any atom is -0.309 e. The Morgan fingerprint density at radius 3 is 2.43 bits per heavy atom. The summed E-state index contributed by atoms with van der Waals surface area (Å²) in [5.41, 5.74) is 0. The van der Waals surface area contributed by atoms with E-state index in [4.69, 9.17) is 0 Å². The van der Waals surface area contributed by atoms with Gasteiger partial charge in [-0.25, -0.2) is 0 Å². The van der Waals surface area contributed by atoms with Gasteiger partial charge in [-0.15, -0.1) is 0 Å². The largest absolute Gasteiger partial charge is 0.309 e. The van der Waals surface area contributed by atoms with Gasteiger partial charge in [0.25, 0.3) is 0 Å². The molecule has 0 radical (unpaired) electrons. The molecule has 0 N–H and O–H groups in total. The molecule has 3 heteroatoms. The van der Waals surface area contributed by atoms with E-state index in [9.17, 15) is 0 Å². The molecule has 0 spiro atoms. The van der Waals surface area contributed by atoms with Crippen molar-refractivity contribution in [3.8, 4) is 0 Å². The minimum absolute atomic E-state index is 0.794. The van der Waals surface area contributed by atoms with Crippen LogP contribution < -0.4 is 0 Å². The van der Waals surface area contributed by atoms with Crippen molar-refractivity contribution in [1.82, 2.24) is 14.7 Å². The Morgan fingerprint density at radius 1 is 1.21 bits per heavy atom. The van der Waals surface area contributed by atoms with Crippen molar-refractivity contribution in [2.24, 2.45) is 0 Å². The fourth-order valence-electron chi connectivity index (χ4n) is 2.09. The highest BCUT2D eigenvalue weighted by Gasteiger charge is 2.22. The highest BCUT2D eigenvalue weighted by Crippen LogP contribution is 2.12. The van der Waals surface area contributed by atoms with Crippen LogP contribution in [0.2, 0.25) is 0 Å². The molecule has 1 aliphatic rings. The summed E-state index contributed by atoms with van der Waals surface area (Å²) in [5, 5.41) is 0. The van der Waals surface area contributed by atoms with Crippen LogP contribution in [-0.2, 0) is 0 Å². The molecule has 1 rings (SSSR count). The second-order valence-corrected chi connectivity index (χ2v) is 4.84. The first-order chi connectivity index (χ1) is 6.59. The maximum atomic E-state index is 2.52. The Kier molecular flexibility index (Phi) is 4.85. The van der Waals surface area contributed by atoms with Crippen molar-refractivity contribution in [1.29, 1.82) is 0 Å². The van der Waals surface area contributed by atoms with E-state index in [1.165, 1.54) is 39.0 Å². The van der Waals surface area contributed by atoms with Gasteiger partial charge in [-0.3, -0.25) is 0 Å². The highest BCUT2D eigenvalue weighted by molar-refractivity contribution is 4.79. The van der Waals surface area contributed by atoms with Crippen molar-refractivity contribution >= 4 is 0 Å². The van der Waals surface area contributed by atoms with Gasteiger partial charge in [0.1, 0.15) is 0 Å². The average Bonchev–Trinajstić information content (AvgIpc) is 2.51. The summed E-state index contributed by atoms with van der Waals surface area (Å²) < 4.78 is 0. The predicted molar refractivity (Wildman–Crippen MR) is 61.7 cm³/mol. The number of likely N-dealkylation sites (tertiary alicyclic amines) is 1. The van der Waals surface area contributed by atoms with Crippen LogP contribution in [-0.4, -0.2) is 75.1 Å². The van der Waals surface area contributed by atoms with Crippen molar-refractivity contribution in [3.63, 3.8) is 0 Å². The van der Waals surface area contributed by atoms with Crippen molar-refractivity contribution in [2.45, 2.75) is 18.9 Å². The van der Waals surface area contributed by atoms with Crippen LogP contribution in [0, 0.1) is 0 Å². The van der Waals surface area contributed by atoms with E-state index >= 15 is 0 Å². The SMILES string of the molecule is CN(C)CCCN(C)[C@H]1CCN(C)C1. The molecule has 1 saturated heterocycles. The monoisotopic (exact) mass is 199 g/mol. The molecule has 0 unspecified atom stereocenters. The van der Waals surface area contributed by atoms with Gasteiger partial charge in [0, 0.05) is 12.6 Å². The number of likely N-dealkylation sites (N-methyl/N-ethyl adjacent to an activating group) is 2. The van der Waals surface area contributed by atoms with Crippen LogP contribution in [0.25, 0.3) is 0 Å². The summed E-state index contributed by atoms with van der Waals surface area (Å²) in [4.78, 5) is 7.20. The van der Waals surface area contributed by atoms with Gasteiger partial charge in [0.2, 0.25) is 0 Å². The quantitative estimate of drug-likeness (QED) is 0.641. The maximum absolute atomic E-state index is 2.52. The molecule has 3 nitrogen and oxygen atoms in total. The minimum atomic E-state index is 0.794. The molecule has 1 aliphatic heterocycles. The van der Waals surface area contributed by atoms with Crippen molar-refractivity contribution < 1.29 is 0 Å². The zero-order chi connectivity index (χ0) is 10.6. The predicted octanol–water partition coefficient (Wildman–Crippen LogP) is 0.574. The molecule has 0 amide bonds. The molecule has 84 valence electrons. The summed E-state index contributed by atoms with van der Waals surface area (Å²) in [6.45, 7) is 4.95. The molecule has 0 bridgehead atoms. The first-order valence-electron chi connectivity index (χ1n) is 5.63. The molecule has 0 aromatic heterocycles. The highest BCUT2D eigenvalue weighted by atomic mass is 15.2. The lowest BCUT2D eigenvalue weighted by atomic mass is 10.2. The lowest BCUT2D eigenvalue weighted by Gasteiger charge is -2.24. The maximum Gasteiger partial charge on any atom is 0.0232 e. The molecule has 0 aromatic carbocycles. The van der Waals surface area contributed by atoms with Gasteiger partial charge >= 0.3 is 0 Å². The number of hydrogen-bond acceptors (Lipinski definition) is 3. The van der Waals surface area contributed by atoms with Crippen LogP contribution in [0.1, 0.15) is 12.8 Å². The topological polar surface area (TPSA) is 9.72 Å². The summed E-state index contributed by atoms with van der Waals surface area (Å²) in [5.74, 6) is 0. The summed E-state index contributed by atoms with van der Waals surface area (Å²) in [7, 11) is 8.76. The molecule has 0 aromatic rings. The third-order valence-corrected chi connectivity index (χ3v) is 3.11. The van der Waals surface area contributed by atoms with E-state index in [1.807, 2.05) is 0 Å². The van der Waals surface area contributed by atoms with Crippen molar-refractivity contribution in [2.75, 3.05) is 54.4 Å². The molecule has 14 heavy (non-hydrogen) atoms. The average molecular weight is 199 g/mol. The van der Waals surface area contributed by atoms with Gasteiger partial charge in [-0.05, 0) is 60.7 Å². The zero-order valence-corrected chi connectivity index (χ0v) is 10.2. The summed E-state index contributed by atoms with van der Waals surface area (Å²) >= 11 is 0. The third-order valence-electron chi connectivity index (χ3n) is 3.11. The first-order valence-corrected chi connectivity index (χ1v) is 5.63. The molecule has 1 atom stereocenters. The molecule has 1 heterocycles. The van der Waals surface area contributed by atoms with Crippen LogP contribution in [0.15, 0.2) is 0 Å². The van der Waals surface area contributed by atoms with E-state index in [0.717, 1.165) is 6.04 Å². The lowest BCUT2D eigenvalue weighted by Crippen LogP contribution is -2.35. The van der Waals surface area contributed by atoms with Crippen LogP contribution in [0.3, 0.4) is 0 Å². The van der Waals surface area contributed by atoms with Gasteiger partial charge in [-0.2, -0.15) is 0 Å². The van der Waals surface area contributed by atoms with Crippen LogP contribution in [0.4, 0.5) is 0 Å². The summed E-state index contributed by atoms with van der Waals surface area (Å²) in [6, 6.07) is 0.794. The fraction of sp³-hybridized carbons (Fsp3) is 1.00. The Labute approximate surface area is 88.7 Å². The Morgan fingerprint density at radius 2 is 1.93 bits per heavy atom. The standard InChI is InChI=1S/C11H25N3/c1-12(2)7-5-8-14(4)11-6-9-13(3)10-11/h11H,5-10H2,1-4H3/t11-/m0/s1. The normalized spacial score (nSPS) is 24.0. The smallest absolute Gasteiger partial charge is 0.0232 e. The van der Waals surface area contributed by atoms with Crippen molar-refractivity contribution in [3.05, 3.63) is 0 Å². The number of rotatable bonds is 5. The number of nitrogens with zero attached hydrogens (tertiary/aromatic N) is 3. The molecular formula is C11H25N3. The van der Waals surface area contributed by atoms with Gasteiger partial charge < -0.3 is 14.7 Å². The Hall–Kier alpha value is -0.120. The van der Waals surface area contributed by atoms with Gasteiger partial charge in [0.05, 0.1) is 0 Å². The van der Waals surface area contributed by atoms with Gasteiger partial charge in [0.15, 0.2) is 0 Å². The van der Waals surface area contributed by atoms with E-state index in [0.29, 0.717) is 0 Å². The van der Waals surface area contributed by atoms with E-state index in [-0.39, 0.29) is 0 Å². The second-order valence-electron chi connectivity index (χ2n) is 4.84.